The molecule has 2 heterocycles. The van der Waals surface area contributed by atoms with Gasteiger partial charge in [0.1, 0.15) is 17.0 Å². The van der Waals surface area contributed by atoms with Crippen LogP contribution in [0, 0.1) is 13.8 Å². The molecule has 2 aromatic heterocycles. The molecule has 3 rings (SSSR count). The number of benzene rings is 1. The lowest BCUT2D eigenvalue weighted by Crippen LogP contribution is -2.19. The molecule has 24 heavy (non-hydrogen) atoms. The van der Waals surface area contributed by atoms with E-state index in [9.17, 15) is 4.79 Å². The lowest BCUT2D eigenvalue weighted by molar-refractivity contribution is 0.0963. The lowest BCUT2D eigenvalue weighted by atomic mass is 10.1. The Bertz CT molecular complexity index is 886. The number of anilines is 1. The highest BCUT2D eigenvalue weighted by Crippen LogP contribution is 2.34. The Kier molecular flexibility index (Phi) is 4.49. The summed E-state index contributed by atoms with van der Waals surface area (Å²) in [6, 6.07) is 7.64. The molecule has 0 saturated heterocycles. The fourth-order valence-electron chi connectivity index (χ4n) is 2.71. The average Bonchev–Trinajstić information content (AvgIpc) is 2.89. The number of carbonyl (C=O) groups is 1. The van der Waals surface area contributed by atoms with Gasteiger partial charge in [-0.2, -0.15) is 0 Å². The number of amides is 1. The fraction of sp³-hybridized carbons (Fsp3) is 0.278. The zero-order chi connectivity index (χ0) is 17.3. The number of nitrogens with zero attached hydrogens (tertiary/aromatic N) is 3. The first-order valence-corrected chi connectivity index (χ1v) is 8.55. The molecule has 0 aliphatic rings. The van der Waals surface area contributed by atoms with Crippen molar-refractivity contribution in [1.82, 2.24) is 15.3 Å². The maximum absolute atomic E-state index is 11.6. The monoisotopic (exact) mass is 340 g/mol. The molecule has 0 saturated carbocycles. The summed E-state index contributed by atoms with van der Waals surface area (Å²) in [5.74, 6) is 0.869. The molecule has 1 aromatic carbocycles. The summed E-state index contributed by atoms with van der Waals surface area (Å²) >= 11 is 1.70. The van der Waals surface area contributed by atoms with Crippen LogP contribution >= 0.6 is 11.3 Å². The molecule has 1 amide bonds. The normalized spacial score (nSPS) is 10.8. The summed E-state index contributed by atoms with van der Waals surface area (Å²) < 4.78 is 0. The second kappa shape index (κ2) is 6.57. The zero-order valence-corrected chi connectivity index (χ0v) is 15.1. The van der Waals surface area contributed by atoms with Gasteiger partial charge >= 0.3 is 0 Å². The van der Waals surface area contributed by atoms with Gasteiger partial charge in [-0.1, -0.05) is 12.1 Å². The molecule has 124 valence electrons. The van der Waals surface area contributed by atoms with Crippen LogP contribution in [0.2, 0.25) is 0 Å². The third-order valence-corrected chi connectivity index (χ3v) is 5.29. The Balaban J connectivity index is 1.88. The van der Waals surface area contributed by atoms with E-state index in [0.717, 1.165) is 21.6 Å². The van der Waals surface area contributed by atoms with Crippen LogP contribution < -0.4 is 10.2 Å². The third-order valence-electron chi connectivity index (χ3n) is 4.17. The minimum absolute atomic E-state index is 0.0724. The number of aryl methyl sites for hydroxylation is 2. The molecule has 5 nitrogen and oxygen atoms in total. The number of thiophene rings is 1. The van der Waals surface area contributed by atoms with Crippen LogP contribution in [0.5, 0.6) is 0 Å². The van der Waals surface area contributed by atoms with Gasteiger partial charge in [-0.15, -0.1) is 11.3 Å². The van der Waals surface area contributed by atoms with Crippen LogP contribution in [-0.2, 0) is 6.54 Å². The van der Waals surface area contributed by atoms with Crippen molar-refractivity contribution >= 4 is 33.3 Å². The number of aromatic nitrogens is 2. The van der Waals surface area contributed by atoms with E-state index >= 15 is 0 Å². The molecule has 0 spiro atoms. The van der Waals surface area contributed by atoms with Crippen molar-refractivity contribution in [2.24, 2.45) is 0 Å². The lowest BCUT2D eigenvalue weighted by Gasteiger charge is -2.19. The summed E-state index contributed by atoms with van der Waals surface area (Å²) in [4.78, 5) is 24.9. The van der Waals surface area contributed by atoms with Gasteiger partial charge < -0.3 is 10.2 Å². The summed E-state index contributed by atoms with van der Waals surface area (Å²) in [7, 11) is 3.66. The molecule has 3 aromatic rings. The molecule has 0 unspecified atom stereocenters. The number of nitrogens with one attached hydrogen (secondary N) is 1. The highest BCUT2D eigenvalue weighted by atomic mass is 32.1. The maximum Gasteiger partial charge on any atom is 0.251 e. The van der Waals surface area contributed by atoms with Crippen LogP contribution in [-0.4, -0.2) is 30.0 Å². The van der Waals surface area contributed by atoms with Gasteiger partial charge in [-0.05, 0) is 37.1 Å². The quantitative estimate of drug-likeness (QED) is 0.792. The molecule has 6 heteroatoms. The SMILES string of the molecule is CNC(=O)c1ccc(CN(C)c2ncnc3sc(C)c(C)c23)cc1. The number of fused-ring (bicyclic) bond motifs is 1. The third kappa shape index (κ3) is 2.97. The van der Waals surface area contributed by atoms with Crippen LogP contribution in [0.1, 0.15) is 26.4 Å². The first-order valence-electron chi connectivity index (χ1n) is 7.74. The van der Waals surface area contributed by atoms with Crippen molar-refractivity contribution < 1.29 is 4.79 Å². The largest absolute Gasteiger partial charge is 0.355 e. The fourth-order valence-corrected chi connectivity index (χ4v) is 3.70. The van der Waals surface area contributed by atoms with Crippen molar-refractivity contribution in [3.8, 4) is 0 Å². The highest BCUT2D eigenvalue weighted by Gasteiger charge is 2.15. The van der Waals surface area contributed by atoms with E-state index in [1.54, 1.807) is 24.7 Å². The molecule has 1 N–H and O–H groups in total. The average molecular weight is 340 g/mol. The molecule has 0 atom stereocenters. The van der Waals surface area contributed by atoms with Crippen molar-refractivity contribution in [2.75, 3.05) is 19.0 Å². The van der Waals surface area contributed by atoms with Crippen LogP contribution in [0.25, 0.3) is 10.2 Å². The predicted molar refractivity (Wildman–Crippen MR) is 98.8 cm³/mol. The number of hydrogen-bond acceptors (Lipinski definition) is 5. The molecular weight excluding hydrogens is 320 g/mol. The zero-order valence-electron chi connectivity index (χ0n) is 14.3. The van der Waals surface area contributed by atoms with Crippen molar-refractivity contribution in [3.05, 3.63) is 52.2 Å². The minimum atomic E-state index is -0.0724. The van der Waals surface area contributed by atoms with Crippen molar-refractivity contribution in [2.45, 2.75) is 20.4 Å². The Morgan fingerprint density at radius 2 is 1.92 bits per heavy atom. The van der Waals surface area contributed by atoms with Gasteiger partial charge in [0.05, 0.1) is 5.39 Å². The van der Waals surface area contributed by atoms with E-state index in [0.29, 0.717) is 12.1 Å². The van der Waals surface area contributed by atoms with Crippen LogP contribution in [0.15, 0.2) is 30.6 Å². The first-order chi connectivity index (χ1) is 11.5. The Morgan fingerprint density at radius 1 is 1.21 bits per heavy atom. The molecular formula is C18H20N4OS. The van der Waals surface area contributed by atoms with Crippen molar-refractivity contribution in [3.63, 3.8) is 0 Å². The van der Waals surface area contributed by atoms with E-state index in [1.165, 1.54) is 10.4 Å². The van der Waals surface area contributed by atoms with Gasteiger partial charge in [0, 0.05) is 31.1 Å². The summed E-state index contributed by atoms with van der Waals surface area (Å²) in [5, 5.41) is 3.76. The van der Waals surface area contributed by atoms with E-state index in [-0.39, 0.29) is 5.91 Å². The Hall–Kier alpha value is -2.47. The Labute approximate surface area is 145 Å². The molecule has 0 fully saturated rings. The minimum Gasteiger partial charge on any atom is -0.355 e. The van der Waals surface area contributed by atoms with Crippen molar-refractivity contribution in [1.29, 1.82) is 0 Å². The number of carbonyl (C=O) groups excluding carboxylic acids is 1. The van der Waals surface area contributed by atoms with Gasteiger partial charge in [0.2, 0.25) is 0 Å². The number of hydrogen-bond donors (Lipinski definition) is 1. The topological polar surface area (TPSA) is 58.1 Å². The van der Waals surface area contributed by atoms with Crippen LogP contribution in [0.3, 0.4) is 0 Å². The summed E-state index contributed by atoms with van der Waals surface area (Å²) in [6.45, 7) is 4.95. The van der Waals surface area contributed by atoms with Gasteiger partial charge in [0.15, 0.2) is 0 Å². The molecule has 0 radical (unpaired) electrons. The second-order valence-electron chi connectivity index (χ2n) is 5.79. The summed E-state index contributed by atoms with van der Waals surface area (Å²) in [6.07, 6.45) is 1.62. The molecule has 0 aliphatic carbocycles. The van der Waals surface area contributed by atoms with Gasteiger partial charge in [-0.3, -0.25) is 4.79 Å². The first kappa shape index (κ1) is 16.4. The second-order valence-corrected chi connectivity index (χ2v) is 7.00. The smallest absolute Gasteiger partial charge is 0.251 e. The van der Waals surface area contributed by atoms with E-state index in [1.807, 2.05) is 31.3 Å². The van der Waals surface area contributed by atoms with Crippen LogP contribution in [0.4, 0.5) is 5.82 Å². The van der Waals surface area contributed by atoms with E-state index in [4.69, 9.17) is 0 Å². The standard InChI is InChI=1S/C18H20N4OS/c1-11-12(2)24-18-15(11)16(20-10-21-18)22(4)9-13-5-7-14(8-6-13)17(23)19-3/h5-8,10H,9H2,1-4H3,(H,19,23). The van der Waals surface area contributed by atoms with Gasteiger partial charge in [-0.25, -0.2) is 9.97 Å². The van der Waals surface area contributed by atoms with E-state index < -0.39 is 0 Å². The maximum atomic E-state index is 11.6. The van der Waals surface area contributed by atoms with Gasteiger partial charge in [0.25, 0.3) is 5.91 Å². The predicted octanol–water partition coefficient (Wildman–Crippen LogP) is 3.30. The summed E-state index contributed by atoms with van der Waals surface area (Å²) in [5.41, 5.74) is 3.03. The van der Waals surface area contributed by atoms with E-state index in [2.05, 4.69) is 34.0 Å². The Morgan fingerprint density at radius 3 is 2.58 bits per heavy atom. The highest BCUT2D eigenvalue weighted by molar-refractivity contribution is 7.18. The number of rotatable bonds is 4. The molecule has 0 aliphatic heterocycles. The molecule has 0 bridgehead atoms.